The number of halogens is 1. The molecule has 1 amide bonds. The minimum atomic E-state index is -0.351. The van der Waals surface area contributed by atoms with Crippen LogP contribution in [0.5, 0.6) is 0 Å². The van der Waals surface area contributed by atoms with Gasteiger partial charge in [-0.3, -0.25) is 14.0 Å². The third-order valence-electron chi connectivity index (χ3n) is 3.60. The molecule has 20 heavy (non-hydrogen) atoms. The second-order valence-corrected chi connectivity index (χ2v) is 6.07. The average Bonchev–Trinajstić information content (AvgIpc) is 3.24. The fourth-order valence-electron chi connectivity index (χ4n) is 2.20. The summed E-state index contributed by atoms with van der Waals surface area (Å²) in [5.74, 6) is 0.195. The lowest BCUT2D eigenvalue weighted by atomic mass is 10.2. The lowest BCUT2D eigenvalue weighted by Gasteiger charge is -2.12. The number of rotatable bonds is 3. The number of carbonyl (C=O) groups is 1. The normalized spacial score (nSPS) is 16.1. The van der Waals surface area contributed by atoms with Crippen molar-refractivity contribution in [2.45, 2.75) is 25.8 Å². The number of nitrogens with one attached hydrogen (secondary N) is 1. The Morgan fingerprint density at radius 2 is 2.25 bits per heavy atom. The Labute approximate surface area is 124 Å². The van der Waals surface area contributed by atoms with E-state index in [4.69, 9.17) is 0 Å². The first-order chi connectivity index (χ1) is 9.56. The quantitative estimate of drug-likeness (QED) is 0.932. The van der Waals surface area contributed by atoms with E-state index in [0.29, 0.717) is 11.6 Å². The summed E-state index contributed by atoms with van der Waals surface area (Å²) in [6.07, 6.45) is 5.25. The third kappa shape index (κ3) is 2.47. The fourth-order valence-corrected chi connectivity index (χ4v) is 2.54. The predicted molar refractivity (Wildman–Crippen MR) is 78.8 cm³/mol. The van der Waals surface area contributed by atoms with E-state index in [1.165, 1.54) is 10.6 Å². The lowest BCUT2D eigenvalue weighted by molar-refractivity contribution is 0.0934. The molecular weight excluding hydrogens is 322 g/mol. The van der Waals surface area contributed by atoms with Gasteiger partial charge in [0.05, 0.1) is 0 Å². The zero-order valence-corrected chi connectivity index (χ0v) is 12.6. The van der Waals surface area contributed by atoms with Crippen molar-refractivity contribution < 1.29 is 4.79 Å². The SMILES string of the molecule is C[C@H](NC(=O)c1cnc2ccc(Br)cn2c1=O)C1CC1. The van der Waals surface area contributed by atoms with E-state index in [1.807, 2.05) is 6.92 Å². The summed E-state index contributed by atoms with van der Waals surface area (Å²) in [5, 5.41) is 2.87. The number of fused-ring (bicyclic) bond motifs is 1. The molecule has 0 radical (unpaired) electrons. The van der Waals surface area contributed by atoms with Gasteiger partial charge in [-0.25, -0.2) is 4.98 Å². The van der Waals surface area contributed by atoms with Gasteiger partial charge in [-0.15, -0.1) is 0 Å². The van der Waals surface area contributed by atoms with Crippen molar-refractivity contribution in [1.29, 1.82) is 0 Å². The van der Waals surface area contributed by atoms with Crippen LogP contribution >= 0.6 is 15.9 Å². The van der Waals surface area contributed by atoms with Gasteiger partial charge in [0.15, 0.2) is 0 Å². The molecule has 1 aliphatic rings. The molecule has 2 aromatic rings. The van der Waals surface area contributed by atoms with Crippen LogP contribution < -0.4 is 10.9 Å². The Balaban J connectivity index is 1.96. The van der Waals surface area contributed by atoms with E-state index in [2.05, 4.69) is 26.2 Å². The van der Waals surface area contributed by atoms with Crippen LogP contribution in [-0.4, -0.2) is 21.3 Å². The number of hydrogen-bond donors (Lipinski definition) is 1. The maximum absolute atomic E-state index is 12.3. The number of carbonyl (C=O) groups excluding carboxylic acids is 1. The highest BCUT2D eigenvalue weighted by Crippen LogP contribution is 2.32. The monoisotopic (exact) mass is 335 g/mol. The number of pyridine rings is 1. The maximum atomic E-state index is 12.3. The van der Waals surface area contributed by atoms with Crippen LogP contribution in [-0.2, 0) is 0 Å². The van der Waals surface area contributed by atoms with Gasteiger partial charge in [0, 0.05) is 22.9 Å². The predicted octanol–water partition coefficient (Wildman–Crippen LogP) is 1.99. The highest BCUT2D eigenvalue weighted by molar-refractivity contribution is 9.10. The van der Waals surface area contributed by atoms with Crippen LogP contribution in [0.1, 0.15) is 30.1 Å². The standard InChI is InChI=1S/C14H14BrN3O2/c1-8(9-2-3-9)17-13(19)11-6-16-12-5-4-10(15)7-18(12)14(11)20/h4-9H,2-3H2,1H3,(H,17,19)/t8-/m0/s1. The van der Waals surface area contributed by atoms with Crippen molar-refractivity contribution in [3.05, 3.63) is 44.9 Å². The Bertz CT molecular complexity index is 737. The van der Waals surface area contributed by atoms with Crippen LogP contribution in [0.2, 0.25) is 0 Å². The fraction of sp³-hybridized carbons (Fsp3) is 0.357. The van der Waals surface area contributed by atoms with Gasteiger partial charge in [0.1, 0.15) is 11.2 Å². The summed E-state index contributed by atoms with van der Waals surface area (Å²) in [4.78, 5) is 28.6. The third-order valence-corrected chi connectivity index (χ3v) is 4.07. The first kappa shape index (κ1) is 13.3. The number of amides is 1. The molecule has 0 spiro atoms. The molecule has 3 rings (SSSR count). The molecule has 0 saturated heterocycles. The van der Waals surface area contributed by atoms with Crippen molar-refractivity contribution in [3.8, 4) is 0 Å². The summed E-state index contributed by atoms with van der Waals surface area (Å²) in [7, 11) is 0. The van der Waals surface area contributed by atoms with Crippen molar-refractivity contribution in [1.82, 2.24) is 14.7 Å². The molecule has 1 atom stereocenters. The van der Waals surface area contributed by atoms with E-state index < -0.39 is 0 Å². The van der Waals surface area contributed by atoms with Crippen LogP contribution in [0.25, 0.3) is 5.65 Å². The molecule has 0 aromatic carbocycles. The van der Waals surface area contributed by atoms with Gasteiger partial charge in [-0.2, -0.15) is 0 Å². The van der Waals surface area contributed by atoms with E-state index in [-0.39, 0.29) is 23.1 Å². The maximum Gasteiger partial charge on any atom is 0.270 e. The zero-order valence-electron chi connectivity index (χ0n) is 11.0. The van der Waals surface area contributed by atoms with E-state index in [1.54, 1.807) is 18.3 Å². The highest BCUT2D eigenvalue weighted by Gasteiger charge is 2.29. The van der Waals surface area contributed by atoms with E-state index in [0.717, 1.165) is 17.3 Å². The van der Waals surface area contributed by atoms with Crippen molar-refractivity contribution in [2.24, 2.45) is 5.92 Å². The van der Waals surface area contributed by atoms with Crippen LogP contribution in [0, 0.1) is 5.92 Å². The van der Waals surface area contributed by atoms with E-state index >= 15 is 0 Å². The first-order valence-electron chi connectivity index (χ1n) is 6.54. The van der Waals surface area contributed by atoms with E-state index in [9.17, 15) is 9.59 Å². The summed E-state index contributed by atoms with van der Waals surface area (Å²) >= 11 is 3.31. The molecule has 0 unspecified atom stereocenters. The van der Waals surface area contributed by atoms with Gasteiger partial charge in [0.25, 0.3) is 11.5 Å². The molecule has 2 heterocycles. The number of nitrogens with zero attached hydrogens (tertiary/aromatic N) is 2. The van der Waals surface area contributed by atoms with Crippen molar-refractivity contribution in [2.75, 3.05) is 0 Å². The summed E-state index contributed by atoms with van der Waals surface area (Å²) < 4.78 is 2.14. The molecule has 1 aliphatic carbocycles. The molecule has 0 bridgehead atoms. The summed E-state index contributed by atoms with van der Waals surface area (Å²) in [6.45, 7) is 1.97. The Morgan fingerprint density at radius 3 is 2.95 bits per heavy atom. The number of aromatic nitrogens is 2. The Kier molecular flexibility index (Phi) is 3.33. The minimum Gasteiger partial charge on any atom is -0.349 e. The van der Waals surface area contributed by atoms with Gasteiger partial charge < -0.3 is 5.32 Å². The van der Waals surface area contributed by atoms with Crippen LogP contribution in [0.15, 0.2) is 33.8 Å². The zero-order chi connectivity index (χ0) is 14.3. The molecule has 104 valence electrons. The van der Waals surface area contributed by atoms with Crippen LogP contribution in [0.4, 0.5) is 0 Å². The molecule has 5 nitrogen and oxygen atoms in total. The van der Waals surface area contributed by atoms with Crippen molar-refractivity contribution >= 4 is 27.5 Å². The second-order valence-electron chi connectivity index (χ2n) is 5.15. The van der Waals surface area contributed by atoms with Crippen molar-refractivity contribution in [3.63, 3.8) is 0 Å². The smallest absolute Gasteiger partial charge is 0.270 e. The van der Waals surface area contributed by atoms with Gasteiger partial charge >= 0.3 is 0 Å². The minimum absolute atomic E-state index is 0.0769. The highest BCUT2D eigenvalue weighted by atomic mass is 79.9. The molecule has 1 saturated carbocycles. The average molecular weight is 336 g/mol. The number of hydrogen-bond acceptors (Lipinski definition) is 3. The van der Waals surface area contributed by atoms with Crippen LogP contribution in [0.3, 0.4) is 0 Å². The second kappa shape index (κ2) is 5.01. The largest absolute Gasteiger partial charge is 0.349 e. The Hall–Kier alpha value is -1.69. The molecule has 6 heteroatoms. The van der Waals surface area contributed by atoms with Gasteiger partial charge in [-0.05, 0) is 53.7 Å². The topological polar surface area (TPSA) is 63.5 Å². The molecule has 1 N–H and O–H groups in total. The summed E-state index contributed by atoms with van der Waals surface area (Å²) in [6, 6.07) is 3.63. The molecule has 0 aliphatic heterocycles. The molecular formula is C14H14BrN3O2. The lowest BCUT2D eigenvalue weighted by Crippen LogP contribution is -2.37. The van der Waals surface area contributed by atoms with Gasteiger partial charge in [-0.1, -0.05) is 0 Å². The van der Waals surface area contributed by atoms with Gasteiger partial charge in [0.2, 0.25) is 0 Å². The molecule has 1 fully saturated rings. The first-order valence-corrected chi connectivity index (χ1v) is 7.33. The Morgan fingerprint density at radius 1 is 1.50 bits per heavy atom. The summed E-state index contributed by atoms with van der Waals surface area (Å²) in [5.41, 5.74) is 0.245. The molecule has 2 aromatic heterocycles.